The Hall–Kier alpha value is -1.62. The number of morpholine rings is 1. The third-order valence-corrected chi connectivity index (χ3v) is 5.83. The van der Waals surface area contributed by atoms with E-state index < -0.39 is 0 Å². The number of carbonyl (C=O) groups is 1. The molecule has 5 heteroatoms. The van der Waals surface area contributed by atoms with E-state index in [4.69, 9.17) is 4.74 Å². The first-order valence-electron chi connectivity index (χ1n) is 9.42. The summed E-state index contributed by atoms with van der Waals surface area (Å²) in [6, 6.07) is 4.39. The molecule has 3 aliphatic rings. The molecule has 3 heterocycles. The standard InChI is InChI=1S/C19H27N3O2/c23-19(22-9-3-6-17(22)15-4-1-2-5-15)16-7-8-18(20-14-16)21-10-12-24-13-11-21/h7-8,14-15,17H,1-6,9-13H2/t17-/m0/s1. The van der Waals surface area contributed by atoms with Gasteiger partial charge in [0.15, 0.2) is 0 Å². The van der Waals surface area contributed by atoms with Gasteiger partial charge in [-0.1, -0.05) is 12.8 Å². The highest BCUT2D eigenvalue weighted by atomic mass is 16.5. The van der Waals surface area contributed by atoms with E-state index >= 15 is 0 Å². The van der Waals surface area contributed by atoms with Gasteiger partial charge in [-0.05, 0) is 43.7 Å². The van der Waals surface area contributed by atoms with Crippen LogP contribution in [0.15, 0.2) is 18.3 Å². The van der Waals surface area contributed by atoms with Gasteiger partial charge in [-0.3, -0.25) is 4.79 Å². The van der Waals surface area contributed by atoms with Gasteiger partial charge in [0.2, 0.25) is 0 Å². The van der Waals surface area contributed by atoms with Crippen molar-refractivity contribution in [2.45, 2.75) is 44.6 Å². The van der Waals surface area contributed by atoms with Gasteiger partial charge in [0, 0.05) is 31.9 Å². The van der Waals surface area contributed by atoms with Crippen molar-refractivity contribution in [3.05, 3.63) is 23.9 Å². The van der Waals surface area contributed by atoms with E-state index in [1.165, 1.54) is 32.1 Å². The number of hydrogen-bond acceptors (Lipinski definition) is 4. The second kappa shape index (κ2) is 7.09. The highest BCUT2D eigenvalue weighted by molar-refractivity contribution is 5.94. The van der Waals surface area contributed by atoms with Gasteiger partial charge in [0.1, 0.15) is 5.82 Å². The van der Waals surface area contributed by atoms with E-state index in [-0.39, 0.29) is 5.91 Å². The van der Waals surface area contributed by atoms with Crippen LogP contribution in [0, 0.1) is 5.92 Å². The quantitative estimate of drug-likeness (QED) is 0.855. The van der Waals surface area contributed by atoms with Crippen molar-refractivity contribution < 1.29 is 9.53 Å². The molecule has 2 aliphatic heterocycles. The van der Waals surface area contributed by atoms with Gasteiger partial charge in [-0.25, -0.2) is 4.98 Å². The number of rotatable bonds is 3. The molecular formula is C19H27N3O2. The van der Waals surface area contributed by atoms with E-state index in [1.54, 1.807) is 6.20 Å². The first kappa shape index (κ1) is 15.9. The average Bonchev–Trinajstić information content (AvgIpc) is 3.33. The molecule has 3 fully saturated rings. The van der Waals surface area contributed by atoms with Crippen LogP contribution in [-0.4, -0.2) is 54.7 Å². The van der Waals surface area contributed by atoms with E-state index in [9.17, 15) is 4.79 Å². The van der Waals surface area contributed by atoms with Crippen LogP contribution in [0.3, 0.4) is 0 Å². The van der Waals surface area contributed by atoms with Crippen LogP contribution in [0.5, 0.6) is 0 Å². The van der Waals surface area contributed by atoms with Gasteiger partial charge >= 0.3 is 0 Å². The molecule has 130 valence electrons. The minimum Gasteiger partial charge on any atom is -0.378 e. The Morgan fingerprint density at radius 2 is 1.83 bits per heavy atom. The minimum absolute atomic E-state index is 0.172. The Balaban J connectivity index is 1.45. The smallest absolute Gasteiger partial charge is 0.255 e. The fourth-order valence-electron chi connectivity index (χ4n) is 4.53. The fourth-order valence-corrected chi connectivity index (χ4v) is 4.53. The molecular weight excluding hydrogens is 302 g/mol. The molecule has 0 bridgehead atoms. The lowest BCUT2D eigenvalue weighted by molar-refractivity contribution is 0.0688. The van der Waals surface area contributed by atoms with Crippen LogP contribution >= 0.6 is 0 Å². The molecule has 5 nitrogen and oxygen atoms in total. The molecule has 1 aromatic rings. The second-order valence-corrected chi connectivity index (χ2v) is 7.26. The molecule has 0 aromatic carbocycles. The molecule has 0 N–H and O–H groups in total. The van der Waals surface area contributed by atoms with Crippen molar-refractivity contribution in [2.75, 3.05) is 37.7 Å². The summed E-state index contributed by atoms with van der Waals surface area (Å²) in [5, 5.41) is 0. The molecule has 0 unspecified atom stereocenters. The molecule has 4 rings (SSSR count). The molecule has 1 aliphatic carbocycles. The molecule has 0 radical (unpaired) electrons. The van der Waals surface area contributed by atoms with Crippen molar-refractivity contribution in [3.63, 3.8) is 0 Å². The van der Waals surface area contributed by atoms with E-state index in [0.29, 0.717) is 6.04 Å². The molecule has 2 saturated heterocycles. The van der Waals surface area contributed by atoms with Crippen LogP contribution in [0.4, 0.5) is 5.82 Å². The maximum absolute atomic E-state index is 13.0. The average molecular weight is 329 g/mol. The number of carbonyl (C=O) groups excluding carboxylic acids is 1. The Morgan fingerprint density at radius 1 is 1.04 bits per heavy atom. The van der Waals surface area contributed by atoms with E-state index in [2.05, 4.69) is 14.8 Å². The topological polar surface area (TPSA) is 45.7 Å². The molecule has 1 amide bonds. The summed E-state index contributed by atoms with van der Waals surface area (Å²) in [7, 11) is 0. The summed E-state index contributed by atoms with van der Waals surface area (Å²) >= 11 is 0. The predicted octanol–water partition coefficient (Wildman–Crippen LogP) is 2.71. The normalized spacial score (nSPS) is 25.4. The summed E-state index contributed by atoms with van der Waals surface area (Å²) in [4.78, 5) is 21.8. The largest absolute Gasteiger partial charge is 0.378 e. The number of ether oxygens (including phenoxy) is 1. The number of pyridine rings is 1. The van der Waals surface area contributed by atoms with Crippen molar-refractivity contribution in [1.29, 1.82) is 0 Å². The number of aromatic nitrogens is 1. The SMILES string of the molecule is O=C(c1ccc(N2CCOCC2)nc1)N1CCC[C@H]1C1CCCC1. The fraction of sp³-hybridized carbons (Fsp3) is 0.684. The Labute approximate surface area is 144 Å². The first-order chi connectivity index (χ1) is 11.8. The molecule has 1 atom stereocenters. The number of amides is 1. The maximum Gasteiger partial charge on any atom is 0.255 e. The van der Waals surface area contributed by atoms with E-state index in [1.807, 2.05) is 12.1 Å². The van der Waals surface area contributed by atoms with Crippen LogP contribution in [0.1, 0.15) is 48.9 Å². The summed E-state index contributed by atoms with van der Waals surface area (Å²) in [6.07, 6.45) is 9.34. The Kier molecular flexibility index (Phi) is 4.69. The predicted molar refractivity (Wildman–Crippen MR) is 93.3 cm³/mol. The zero-order chi connectivity index (χ0) is 16.4. The monoisotopic (exact) mass is 329 g/mol. The molecule has 1 saturated carbocycles. The van der Waals surface area contributed by atoms with Crippen molar-refractivity contribution in [3.8, 4) is 0 Å². The number of nitrogens with zero attached hydrogens (tertiary/aromatic N) is 3. The van der Waals surface area contributed by atoms with Gasteiger partial charge < -0.3 is 14.5 Å². The Morgan fingerprint density at radius 3 is 2.54 bits per heavy atom. The van der Waals surface area contributed by atoms with Gasteiger partial charge in [-0.2, -0.15) is 0 Å². The van der Waals surface area contributed by atoms with Crippen LogP contribution in [0.2, 0.25) is 0 Å². The summed E-state index contributed by atoms with van der Waals surface area (Å²) in [6.45, 7) is 4.15. The summed E-state index contributed by atoms with van der Waals surface area (Å²) < 4.78 is 5.38. The molecule has 0 spiro atoms. The first-order valence-corrected chi connectivity index (χ1v) is 9.42. The zero-order valence-electron chi connectivity index (χ0n) is 14.3. The van der Waals surface area contributed by atoms with Crippen molar-refractivity contribution >= 4 is 11.7 Å². The summed E-state index contributed by atoms with van der Waals surface area (Å²) in [5.74, 6) is 1.84. The van der Waals surface area contributed by atoms with Crippen LogP contribution < -0.4 is 4.90 Å². The highest BCUT2D eigenvalue weighted by Gasteiger charge is 2.36. The summed E-state index contributed by atoms with van der Waals surface area (Å²) in [5.41, 5.74) is 0.733. The lowest BCUT2D eigenvalue weighted by Gasteiger charge is -2.30. The minimum atomic E-state index is 0.172. The van der Waals surface area contributed by atoms with Crippen LogP contribution in [-0.2, 0) is 4.74 Å². The van der Waals surface area contributed by atoms with Crippen molar-refractivity contribution in [2.24, 2.45) is 5.92 Å². The second-order valence-electron chi connectivity index (χ2n) is 7.26. The highest BCUT2D eigenvalue weighted by Crippen LogP contribution is 2.36. The van der Waals surface area contributed by atoms with Gasteiger partial charge in [-0.15, -0.1) is 0 Å². The maximum atomic E-state index is 13.0. The Bertz CT molecular complexity index is 562. The van der Waals surface area contributed by atoms with E-state index in [0.717, 1.165) is 56.6 Å². The lowest BCUT2D eigenvalue weighted by atomic mass is 9.95. The molecule has 1 aromatic heterocycles. The van der Waals surface area contributed by atoms with Gasteiger partial charge in [0.25, 0.3) is 5.91 Å². The van der Waals surface area contributed by atoms with Crippen LogP contribution in [0.25, 0.3) is 0 Å². The lowest BCUT2D eigenvalue weighted by Crippen LogP contribution is -2.39. The van der Waals surface area contributed by atoms with Gasteiger partial charge in [0.05, 0.1) is 18.8 Å². The third-order valence-electron chi connectivity index (χ3n) is 5.83. The number of hydrogen-bond donors (Lipinski definition) is 0. The number of likely N-dealkylation sites (tertiary alicyclic amines) is 1. The number of anilines is 1. The third kappa shape index (κ3) is 3.14. The zero-order valence-corrected chi connectivity index (χ0v) is 14.3. The van der Waals surface area contributed by atoms with Crippen molar-refractivity contribution in [1.82, 2.24) is 9.88 Å². The molecule has 24 heavy (non-hydrogen) atoms.